The van der Waals surface area contributed by atoms with Gasteiger partial charge >= 0.3 is 0 Å². The summed E-state index contributed by atoms with van der Waals surface area (Å²) in [4.78, 5) is 11.4. The van der Waals surface area contributed by atoms with E-state index < -0.39 is 0 Å². The Morgan fingerprint density at radius 3 is 2.76 bits per heavy atom. The summed E-state index contributed by atoms with van der Waals surface area (Å²) in [5.41, 5.74) is 4.12. The summed E-state index contributed by atoms with van der Waals surface area (Å²) < 4.78 is 0. The summed E-state index contributed by atoms with van der Waals surface area (Å²) in [7, 11) is 0. The number of nitrogens with one attached hydrogen (secondary N) is 1. The number of benzene rings is 1. The molecular weight excluding hydrogens is 298 g/mol. The number of hydrogen-bond donors (Lipinski definition) is 1. The molecule has 0 saturated carbocycles. The summed E-state index contributed by atoms with van der Waals surface area (Å²) in [6.07, 6.45) is 3.03. The Morgan fingerprint density at radius 1 is 1.19 bits per heavy atom. The second kappa shape index (κ2) is 6.93. The SMILES string of the molecule is CCCNCc1sc(-c2cncs2)nc1-c1ccccc1. The highest BCUT2D eigenvalue weighted by molar-refractivity contribution is 7.21. The Bertz CT molecular complexity index is 675. The average molecular weight is 315 g/mol. The van der Waals surface area contributed by atoms with Crippen molar-refractivity contribution < 1.29 is 0 Å². The average Bonchev–Trinajstić information content (AvgIpc) is 3.18. The van der Waals surface area contributed by atoms with Crippen molar-refractivity contribution in [2.45, 2.75) is 19.9 Å². The van der Waals surface area contributed by atoms with Gasteiger partial charge in [0.1, 0.15) is 5.01 Å². The first kappa shape index (κ1) is 14.4. The summed E-state index contributed by atoms with van der Waals surface area (Å²) in [5, 5.41) is 4.54. The van der Waals surface area contributed by atoms with E-state index in [4.69, 9.17) is 4.98 Å². The van der Waals surface area contributed by atoms with Crippen LogP contribution in [-0.4, -0.2) is 16.5 Å². The van der Waals surface area contributed by atoms with Gasteiger partial charge in [0.25, 0.3) is 0 Å². The maximum absolute atomic E-state index is 4.85. The molecule has 3 rings (SSSR count). The maximum atomic E-state index is 4.85. The molecule has 3 nitrogen and oxygen atoms in total. The molecule has 1 aromatic carbocycles. The molecule has 5 heteroatoms. The Balaban J connectivity index is 1.96. The lowest BCUT2D eigenvalue weighted by Crippen LogP contribution is -2.13. The van der Waals surface area contributed by atoms with Gasteiger partial charge in [-0.2, -0.15) is 0 Å². The van der Waals surface area contributed by atoms with Gasteiger partial charge in [0.2, 0.25) is 0 Å². The first-order valence-electron chi connectivity index (χ1n) is 7.03. The van der Waals surface area contributed by atoms with Gasteiger partial charge < -0.3 is 5.32 Å². The molecule has 0 unspecified atom stereocenters. The number of aromatic nitrogens is 2. The highest BCUT2D eigenvalue weighted by Crippen LogP contribution is 2.35. The van der Waals surface area contributed by atoms with E-state index >= 15 is 0 Å². The van der Waals surface area contributed by atoms with Gasteiger partial charge in [-0.05, 0) is 13.0 Å². The minimum Gasteiger partial charge on any atom is -0.312 e. The standard InChI is InChI=1S/C16H17N3S2/c1-2-8-17-9-13-15(12-6-4-3-5-7-12)19-16(21-13)14-10-18-11-20-14/h3-7,10-11,17H,2,8-9H2,1H3. The fourth-order valence-electron chi connectivity index (χ4n) is 2.10. The predicted molar refractivity (Wildman–Crippen MR) is 90.7 cm³/mol. The summed E-state index contributed by atoms with van der Waals surface area (Å²) >= 11 is 3.40. The maximum Gasteiger partial charge on any atom is 0.136 e. The topological polar surface area (TPSA) is 37.8 Å². The highest BCUT2D eigenvalue weighted by Gasteiger charge is 2.14. The molecule has 0 aliphatic heterocycles. The summed E-state index contributed by atoms with van der Waals surface area (Å²) in [6.45, 7) is 4.08. The van der Waals surface area contributed by atoms with Crippen LogP contribution in [0.15, 0.2) is 42.0 Å². The molecule has 0 aliphatic carbocycles. The van der Waals surface area contributed by atoms with Crippen LogP contribution in [-0.2, 0) is 6.54 Å². The van der Waals surface area contributed by atoms with Crippen molar-refractivity contribution in [1.82, 2.24) is 15.3 Å². The van der Waals surface area contributed by atoms with Crippen molar-refractivity contribution in [3.63, 3.8) is 0 Å². The zero-order chi connectivity index (χ0) is 14.5. The van der Waals surface area contributed by atoms with Crippen LogP contribution in [0.25, 0.3) is 21.1 Å². The molecule has 0 spiro atoms. The quantitative estimate of drug-likeness (QED) is 0.684. The van der Waals surface area contributed by atoms with Crippen LogP contribution < -0.4 is 5.32 Å². The molecule has 0 atom stereocenters. The van der Waals surface area contributed by atoms with Crippen LogP contribution in [0, 0.1) is 0 Å². The minimum atomic E-state index is 0.870. The van der Waals surface area contributed by atoms with E-state index in [1.54, 1.807) is 22.7 Å². The largest absolute Gasteiger partial charge is 0.312 e. The molecule has 21 heavy (non-hydrogen) atoms. The van der Waals surface area contributed by atoms with Gasteiger partial charge in [-0.3, -0.25) is 4.98 Å². The number of thiazole rings is 2. The fourth-order valence-corrected chi connectivity index (χ4v) is 3.83. The third-order valence-corrected chi connectivity index (χ3v) is 5.10. The molecular formula is C16H17N3S2. The van der Waals surface area contributed by atoms with E-state index in [1.807, 2.05) is 17.8 Å². The van der Waals surface area contributed by atoms with Crippen LogP contribution in [0.5, 0.6) is 0 Å². The smallest absolute Gasteiger partial charge is 0.136 e. The van der Waals surface area contributed by atoms with Crippen LogP contribution in [0.4, 0.5) is 0 Å². The van der Waals surface area contributed by atoms with E-state index in [9.17, 15) is 0 Å². The molecule has 0 fully saturated rings. The number of rotatable bonds is 6. The second-order valence-corrected chi connectivity index (χ2v) is 6.67. The molecule has 0 radical (unpaired) electrons. The van der Waals surface area contributed by atoms with Gasteiger partial charge in [0.05, 0.1) is 16.1 Å². The Morgan fingerprint density at radius 2 is 2.05 bits per heavy atom. The van der Waals surface area contributed by atoms with Gasteiger partial charge in [-0.25, -0.2) is 4.98 Å². The first-order valence-corrected chi connectivity index (χ1v) is 8.72. The molecule has 0 bridgehead atoms. The van der Waals surface area contributed by atoms with Gasteiger partial charge in [-0.15, -0.1) is 22.7 Å². The normalized spacial score (nSPS) is 10.9. The molecule has 3 aromatic rings. The third kappa shape index (κ3) is 3.37. The van der Waals surface area contributed by atoms with Crippen LogP contribution in [0.3, 0.4) is 0 Å². The van der Waals surface area contributed by atoms with Crippen LogP contribution >= 0.6 is 22.7 Å². The lowest BCUT2D eigenvalue weighted by molar-refractivity contribution is 0.681. The molecule has 1 N–H and O–H groups in total. The fraction of sp³-hybridized carbons (Fsp3) is 0.250. The van der Waals surface area contributed by atoms with Crippen molar-refractivity contribution in [2.24, 2.45) is 0 Å². The van der Waals surface area contributed by atoms with Crippen molar-refractivity contribution in [2.75, 3.05) is 6.54 Å². The molecule has 2 heterocycles. The van der Waals surface area contributed by atoms with E-state index in [0.717, 1.165) is 35.1 Å². The van der Waals surface area contributed by atoms with Crippen molar-refractivity contribution >= 4 is 22.7 Å². The molecule has 2 aromatic heterocycles. The van der Waals surface area contributed by atoms with Crippen LogP contribution in [0.1, 0.15) is 18.2 Å². The van der Waals surface area contributed by atoms with E-state index in [0.29, 0.717) is 0 Å². The highest BCUT2D eigenvalue weighted by atomic mass is 32.1. The van der Waals surface area contributed by atoms with Crippen molar-refractivity contribution in [1.29, 1.82) is 0 Å². The summed E-state index contributed by atoms with van der Waals surface area (Å²) in [6, 6.07) is 10.4. The Labute approximate surface area is 132 Å². The Hall–Kier alpha value is -1.56. The number of hydrogen-bond acceptors (Lipinski definition) is 5. The van der Waals surface area contributed by atoms with Gasteiger partial charge in [0.15, 0.2) is 0 Å². The summed E-state index contributed by atoms with van der Waals surface area (Å²) in [5.74, 6) is 0. The van der Waals surface area contributed by atoms with E-state index in [2.05, 4.69) is 41.5 Å². The predicted octanol–water partition coefficient (Wildman–Crippen LogP) is 4.43. The lowest BCUT2D eigenvalue weighted by Gasteiger charge is -2.03. The third-order valence-electron chi connectivity index (χ3n) is 3.10. The minimum absolute atomic E-state index is 0.870. The zero-order valence-corrected chi connectivity index (χ0v) is 13.5. The monoisotopic (exact) mass is 315 g/mol. The molecule has 0 aliphatic rings. The second-order valence-electron chi connectivity index (χ2n) is 4.70. The first-order chi connectivity index (χ1) is 10.4. The Kier molecular flexibility index (Phi) is 4.75. The van der Waals surface area contributed by atoms with Crippen LogP contribution in [0.2, 0.25) is 0 Å². The lowest BCUT2D eigenvalue weighted by atomic mass is 10.1. The van der Waals surface area contributed by atoms with E-state index in [1.165, 1.54) is 10.4 Å². The van der Waals surface area contributed by atoms with Crippen molar-refractivity contribution in [3.8, 4) is 21.1 Å². The number of nitrogens with zero attached hydrogens (tertiary/aromatic N) is 2. The van der Waals surface area contributed by atoms with Gasteiger partial charge in [0, 0.05) is 23.2 Å². The molecule has 108 valence electrons. The van der Waals surface area contributed by atoms with E-state index in [-0.39, 0.29) is 0 Å². The van der Waals surface area contributed by atoms with Crippen molar-refractivity contribution in [3.05, 3.63) is 46.9 Å². The van der Waals surface area contributed by atoms with Gasteiger partial charge in [-0.1, -0.05) is 37.3 Å². The molecule has 0 saturated heterocycles. The molecule has 0 amide bonds. The zero-order valence-electron chi connectivity index (χ0n) is 11.9.